The highest BCUT2D eigenvalue weighted by Crippen LogP contribution is 2.44. The van der Waals surface area contributed by atoms with Crippen LogP contribution in [-0.2, 0) is 6.18 Å². The molecule has 0 aliphatic rings. The van der Waals surface area contributed by atoms with Crippen LogP contribution in [-0.4, -0.2) is 17.9 Å². The molecule has 5 heteroatoms. The van der Waals surface area contributed by atoms with Crippen LogP contribution in [0.3, 0.4) is 0 Å². The molecule has 0 aromatic heterocycles. The second-order valence-electron chi connectivity index (χ2n) is 6.94. The van der Waals surface area contributed by atoms with Crippen molar-refractivity contribution in [3.63, 3.8) is 0 Å². The van der Waals surface area contributed by atoms with Crippen LogP contribution in [0.5, 0.6) is 5.75 Å². The highest BCUT2D eigenvalue weighted by molar-refractivity contribution is 6.14. The van der Waals surface area contributed by atoms with Crippen LogP contribution in [0.25, 0.3) is 32.7 Å². The van der Waals surface area contributed by atoms with Gasteiger partial charge < -0.3 is 5.11 Å². The Kier molecular flexibility index (Phi) is 5.04. The topological polar surface area (TPSA) is 32.6 Å². The van der Waals surface area contributed by atoms with Gasteiger partial charge in [-0.05, 0) is 39.7 Å². The summed E-state index contributed by atoms with van der Waals surface area (Å²) in [4.78, 5) is 4.03. The molecular weight excluding hydrogens is 387 g/mol. The third kappa shape index (κ3) is 3.54. The summed E-state index contributed by atoms with van der Waals surface area (Å²) < 4.78 is 41.0. The summed E-state index contributed by atoms with van der Waals surface area (Å²) in [7, 11) is 0. The predicted molar refractivity (Wildman–Crippen MR) is 116 cm³/mol. The number of hydrogen-bond acceptors (Lipinski definition) is 2. The Bertz CT molecular complexity index is 1240. The lowest BCUT2D eigenvalue weighted by Crippen LogP contribution is -2.06. The van der Waals surface area contributed by atoms with E-state index in [1.54, 1.807) is 0 Å². The minimum atomic E-state index is -4.57. The Labute approximate surface area is 171 Å². The van der Waals surface area contributed by atoms with Crippen molar-refractivity contribution in [3.8, 4) is 16.9 Å². The van der Waals surface area contributed by atoms with Gasteiger partial charge in [0.25, 0.3) is 0 Å². The van der Waals surface area contributed by atoms with Gasteiger partial charge in [0.1, 0.15) is 5.75 Å². The van der Waals surface area contributed by atoms with E-state index in [0.29, 0.717) is 5.56 Å². The maximum atomic E-state index is 13.7. The summed E-state index contributed by atoms with van der Waals surface area (Å²) in [5, 5.41) is 14.3. The van der Waals surface area contributed by atoms with Gasteiger partial charge in [-0.1, -0.05) is 54.6 Å². The van der Waals surface area contributed by atoms with Crippen molar-refractivity contribution in [2.45, 2.75) is 6.18 Å². The van der Waals surface area contributed by atoms with Crippen molar-refractivity contribution in [1.82, 2.24) is 0 Å². The summed E-state index contributed by atoms with van der Waals surface area (Å²) in [5.41, 5.74) is -0.144. The minimum Gasteiger partial charge on any atom is -0.507 e. The van der Waals surface area contributed by atoms with Crippen LogP contribution in [0.15, 0.2) is 84.4 Å². The Morgan fingerprint density at radius 1 is 0.900 bits per heavy atom. The highest BCUT2D eigenvalue weighted by Gasteiger charge is 2.32. The van der Waals surface area contributed by atoms with E-state index >= 15 is 0 Å². The molecule has 0 unspecified atom stereocenters. The summed E-state index contributed by atoms with van der Waals surface area (Å²) in [6.45, 7) is 3.79. The van der Waals surface area contributed by atoms with E-state index in [2.05, 4.69) is 11.6 Å². The van der Waals surface area contributed by atoms with Crippen molar-refractivity contribution >= 4 is 27.8 Å². The van der Waals surface area contributed by atoms with Gasteiger partial charge >= 0.3 is 6.18 Å². The smallest absolute Gasteiger partial charge is 0.416 e. The molecule has 0 bridgehead atoms. The number of benzene rings is 4. The van der Waals surface area contributed by atoms with E-state index in [4.69, 9.17) is 0 Å². The first kappa shape index (κ1) is 19.7. The molecule has 0 saturated heterocycles. The summed E-state index contributed by atoms with van der Waals surface area (Å²) >= 11 is 0. The van der Waals surface area contributed by atoms with Gasteiger partial charge in [-0.25, -0.2) is 0 Å². The fraction of sp³-hybridized carbons (Fsp3) is 0.0800. The largest absolute Gasteiger partial charge is 0.507 e. The van der Waals surface area contributed by atoms with E-state index in [-0.39, 0.29) is 23.4 Å². The number of hydrogen-bond donors (Lipinski definition) is 1. The quantitative estimate of drug-likeness (QED) is 0.222. The van der Waals surface area contributed by atoms with E-state index < -0.39 is 11.7 Å². The van der Waals surface area contributed by atoms with Crippen molar-refractivity contribution in [3.05, 3.63) is 90.5 Å². The summed E-state index contributed by atoms with van der Waals surface area (Å²) in [6.07, 6.45) is -1.78. The Balaban J connectivity index is 2.12. The second-order valence-corrected chi connectivity index (χ2v) is 6.94. The van der Waals surface area contributed by atoms with E-state index in [9.17, 15) is 18.3 Å². The zero-order valence-electron chi connectivity index (χ0n) is 15.9. The van der Waals surface area contributed by atoms with Crippen molar-refractivity contribution in [2.75, 3.05) is 6.54 Å². The van der Waals surface area contributed by atoms with Gasteiger partial charge in [0.15, 0.2) is 0 Å². The molecule has 0 aliphatic carbocycles. The number of phenols is 1. The number of alkyl halides is 3. The van der Waals surface area contributed by atoms with Crippen molar-refractivity contribution < 1.29 is 18.3 Å². The molecule has 4 rings (SSSR count). The minimum absolute atomic E-state index is 0.0127. The number of aromatic hydroxyl groups is 1. The zero-order valence-corrected chi connectivity index (χ0v) is 15.9. The number of aliphatic imine (C=N–C) groups is 1. The first-order chi connectivity index (χ1) is 14.4. The van der Waals surface area contributed by atoms with Gasteiger partial charge in [-0.15, -0.1) is 6.58 Å². The number of fused-ring (bicyclic) bond motifs is 2. The van der Waals surface area contributed by atoms with Crippen LogP contribution in [0.2, 0.25) is 0 Å². The highest BCUT2D eigenvalue weighted by atomic mass is 19.4. The predicted octanol–water partition coefficient (Wildman–Crippen LogP) is 6.99. The number of phenolic OH excluding ortho intramolecular Hbond substituents is 1. The molecule has 0 heterocycles. The normalized spacial score (nSPS) is 12.1. The Morgan fingerprint density at radius 2 is 1.50 bits per heavy atom. The average Bonchev–Trinajstić information content (AvgIpc) is 2.73. The second kappa shape index (κ2) is 7.67. The maximum absolute atomic E-state index is 13.7. The first-order valence-corrected chi connectivity index (χ1v) is 9.36. The summed E-state index contributed by atoms with van der Waals surface area (Å²) in [5.74, 6) is -0.239. The number of halogens is 3. The molecule has 0 spiro atoms. The first-order valence-electron chi connectivity index (χ1n) is 9.36. The zero-order chi connectivity index (χ0) is 21.3. The molecule has 0 aliphatic heterocycles. The molecule has 150 valence electrons. The summed E-state index contributed by atoms with van der Waals surface area (Å²) in [6, 6.07) is 18.8. The van der Waals surface area contributed by atoms with Crippen LogP contribution in [0.1, 0.15) is 11.1 Å². The van der Waals surface area contributed by atoms with Crippen molar-refractivity contribution in [2.24, 2.45) is 4.99 Å². The molecule has 2 nitrogen and oxygen atoms in total. The lowest BCUT2D eigenvalue weighted by Gasteiger charge is -2.17. The van der Waals surface area contributed by atoms with Crippen LogP contribution in [0.4, 0.5) is 13.2 Å². The molecule has 30 heavy (non-hydrogen) atoms. The average molecular weight is 405 g/mol. The Morgan fingerprint density at radius 3 is 2.07 bits per heavy atom. The van der Waals surface area contributed by atoms with Crippen LogP contribution < -0.4 is 0 Å². The molecule has 4 aromatic rings. The van der Waals surface area contributed by atoms with E-state index in [1.807, 2.05) is 54.6 Å². The molecule has 1 N–H and O–H groups in total. The lowest BCUT2D eigenvalue weighted by molar-refractivity contribution is -0.137. The monoisotopic (exact) mass is 405 g/mol. The molecule has 0 radical (unpaired) electrons. The van der Waals surface area contributed by atoms with Gasteiger partial charge in [-0.2, -0.15) is 13.2 Å². The number of rotatable bonds is 4. The molecule has 4 aromatic carbocycles. The third-order valence-electron chi connectivity index (χ3n) is 4.97. The molecule has 0 fully saturated rings. The molecule has 0 saturated carbocycles. The van der Waals surface area contributed by atoms with Crippen molar-refractivity contribution in [1.29, 1.82) is 0 Å². The maximum Gasteiger partial charge on any atom is 0.416 e. The van der Waals surface area contributed by atoms with Crippen LogP contribution in [0, 0.1) is 0 Å². The van der Waals surface area contributed by atoms with Crippen LogP contribution >= 0.6 is 0 Å². The Hall–Kier alpha value is -3.60. The third-order valence-corrected chi connectivity index (χ3v) is 4.97. The SMILES string of the molecule is C=CCN=Cc1cc(C(F)(F)F)cc(-c2c3ccccc3cc3ccccc23)c1O. The fourth-order valence-electron chi connectivity index (χ4n) is 3.64. The number of nitrogens with zero attached hydrogens (tertiary/aromatic N) is 1. The van der Waals surface area contributed by atoms with Gasteiger partial charge in [0.2, 0.25) is 0 Å². The molecule has 0 amide bonds. The van der Waals surface area contributed by atoms with Gasteiger partial charge in [0.05, 0.1) is 12.1 Å². The van der Waals surface area contributed by atoms with E-state index in [0.717, 1.165) is 33.7 Å². The van der Waals surface area contributed by atoms with Gasteiger partial charge in [-0.3, -0.25) is 4.99 Å². The van der Waals surface area contributed by atoms with E-state index in [1.165, 1.54) is 12.3 Å². The fourth-order valence-corrected chi connectivity index (χ4v) is 3.64. The molecular formula is C25H18F3NO. The molecule has 0 atom stereocenters. The lowest BCUT2D eigenvalue weighted by atomic mass is 9.89. The standard InChI is InChI=1S/C25H18F3NO/c1-2-11-29-15-18-13-19(25(26,27)28)14-22(24(18)30)23-20-9-5-3-7-16(20)12-17-8-4-6-10-21(17)23/h2-10,12-15,30H,1,11H2. The van der Waals surface area contributed by atoms with Gasteiger partial charge in [0, 0.05) is 22.9 Å².